The Morgan fingerprint density at radius 2 is 1.80 bits per heavy atom. The molecule has 0 aliphatic rings. The van der Waals surface area contributed by atoms with Crippen molar-refractivity contribution in [1.82, 2.24) is 4.98 Å². The van der Waals surface area contributed by atoms with Crippen molar-refractivity contribution in [2.75, 3.05) is 0 Å². The monoisotopic (exact) mass is 293 g/mol. The molecule has 8 heteroatoms. The third-order valence-corrected chi connectivity index (χ3v) is 2.08. The first-order chi connectivity index (χ1) is 6.75. The fraction of sp³-hybridized carbons (Fsp3) is 0.286. The van der Waals surface area contributed by atoms with Gasteiger partial charge in [-0.3, -0.25) is 0 Å². The van der Waals surface area contributed by atoms with Gasteiger partial charge in [0.2, 0.25) is 0 Å². The molecule has 0 saturated heterocycles. The lowest BCUT2D eigenvalue weighted by molar-refractivity contribution is -0.142. The Labute approximate surface area is 88.2 Å². The molecule has 1 rings (SSSR count). The maximum absolute atomic E-state index is 13.0. The maximum atomic E-state index is 13.0. The summed E-state index contributed by atoms with van der Waals surface area (Å²) in [6.45, 7) is 0. The molecular formula is C7H2BrF6N. The minimum Gasteiger partial charge on any atom is -0.246 e. The number of hydrogen-bond acceptors (Lipinski definition) is 1. The highest BCUT2D eigenvalue weighted by molar-refractivity contribution is 9.10. The largest absolute Gasteiger partial charge is 0.419 e. The van der Waals surface area contributed by atoms with Gasteiger partial charge in [0.1, 0.15) is 10.2 Å². The number of halogens is 7. The predicted molar refractivity (Wildman–Crippen MR) is 41.9 cm³/mol. The zero-order chi connectivity index (χ0) is 11.8. The highest BCUT2D eigenvalue weighted by atomic mass is 79.9. The zero-order valence-corrected chi connectivity index (χ0v) is 8.33. The molecule has 0 aliphatic heterocycles. The van der Waals surface area contributed by atoms with Crippen molar-refractivity contribution in [3.8, 4) is 0 Å². The average Bonchev–Trinajstić information content (AvgIpc) is 2.06. The standard InChI is InChI=1S/C7H2BrF6N/c8-5-4(9)3(7(12,13)14)2(1-15-5)6(10)11/h1,6H. The van der Waals surface area contributed by atoms with Crippen LogP contribution in [0.2, 0.25) is 0 Å². The number of nitrogens with zero attached hydrogens (tertiary/aromatic N) is 1. The number of aromatic nitrogens is 1. The molecule has 0 bridgehead atoms. The molecule has 0 atom stereocenters. The van der Waals surface area contributed by atoms with Crippen molar-refractivity contribution in [1.29, 1.82) is 0 Å². The molecule has 0 aliphatic carbocycles. The average molecular weight is 294 g/mol. The van der Waals surface area contributed by atoms with Crippen LogP contribution in [0.5, 0.6) is 0 Å². The molecule has 15 heavy (non-hydrogen) atoms. The van der Waals surface area contributed by atoms with Gasteiger partial charge < -0.3 is 0 Å². The van der Waals surface area contributed by atoms with Crippen LogP contribution in [0, 0.1) is 5.82 Å². The fourth-order valence-corrected chi connectivity index (χ4v) is 1.23. The minimum absolute atomic E-state index is 0.292. The molecule has 1 heterocycles. The summed E-state index contributed by atoms with van der Waals surface area (Å²) in [5.41, 5.74) is -3.46. The fourth-order valence-electron chi connectivity index (χ4n) is 0.931. The topological polar surface area (TPSA) is 12.9 Å². The van der Waals surface area contributed by atoms with E-state index in [-0.39, 0.29) is 0 Å². The van der Waals surface area contributed by atoms with Crippen molar-refractivity contribution < 1.29 is 26.3 Å². The van der Waals surface area contributed by atoms with Crippen LogP contribution in [0.4, 0.5) is 26.3 Å². The maximum Gasteiger partial charge on any atom is 0.419 e. The van der Waals surface area contributed by atoms with E-state index in [4.69, 9.17) is 0 Å². The summed E-state index contributed by atoms with van der Waals surface area (Å²) in [7, 11) is 0. The van der Waals surface area contributed by atoms with Crippen LogP contribution < -0.4 is 0 Å². The number of pyridine rings is 1. The van der Waals surface area contributed by atoms with Gasteiger partial charge in [0.05, 0.1) is 5.56 Å². The van der Waals surface area contributed by atoms with Gasteiger partial charge in [-0.1, -0.05) is 0 Å². The molecular weight excluding hydrogens is 292 g/mol. The van der Waals surface area contributed by atoms with Crippen molar-refractivity contribution in [3.63, 3.8) is 0 Å². The van der Waals surface area contributed by atoms with E-state index >= 15 is 0 Å². The minimum atomic E-state index is -5.18. The Morgan fingerprint density at radius 3 is 2.20 bits per heavy atom. The summed E-state index contributed by atoms with van der Waals surface area (Å²) < 4.78 is 73.2. The summed E-state index contributed by atoms with van der Waals surface area (Å²) >= 11 is 2.39. The van der Waals surface area contributed by atoms with Gasteiger partial charge in [0, 0.05) is 6.20 Å². The first kappa shape index (κ1) is 12.3. The van der Waals surface area contributed by atoms with Crippen LogP contribution in [-0.2, 0) is 6.18 Å². The van der Waals surface area contributed by atoms with E-state index in [1.165, 1.54) is 0 Å². The number of alkyl halides is 5. The molecule has 0 amide bonds. The highest BCUT2D eigenvalue weighted by Gasteiger charge is 2.40. The molecule has 0 fully saturated rings. The van der Waals surface area contributed by atoms with Crippen LogP contribution in [0.15, 0.2) is 10.8 Å². The van der Waals surface area contributed by atoms with Crippen molar-refractivity contribution >= 4 is 15.9 Å². The van der Waals surface area contributed by atoms with Gasteiger partial charge in [-0.15, -0.1) is 0 Å². The van der Waals surface area contributed by atoms with E-state index in [1.54, 1.807) is 0 Å². The molecule has 0 saturated carbocycles. The van der Waals surface area contributed by atoms with Crippen LogP contribution in [0.3, 0.4) is 0 Å². The van der Waals surface area contributed by atoms with E-state index < -0.39 is 34.1 Å². The van der Waals surface area contributed by atoms with Crippen LogP contribution in [-0.4, -0.2) is 4.98 Å². The van der Waals surface area contributed by atoms with E-state index in [2.05, 4.69) is 20.9 Å². The summed E-state index contributed by atoms with van der Waals surface area (Å²) in [5.74, 6) is -1.83. The first-order valence-corrected chi connectivity index (χ1v) is 4.23. The molecule has 1 aromatic heterocycles. The Hall–Kier alpha value is -0.790. The lowest BCUT2D eigenvalue weighted by Crippen LogP contribution is -2.14. The molecule has 1 aromatic rings. The third kappa shape index (κ3) is 2.42. The Morgan fingerprint density at radius 1 is 1.27 bits per heavy atom. The van der Waals surface area contributed by atoms with Gasteiger partial charge >= 0.3 is 6.18 Å². The quantitative estimate of drug-likeness (QED) is 0.564. The van der Waals surface area contributed by atoms with Crippen LogP contribution in [0.25, 0.3) is 0 Å². The highest BCUT2D eigenvalue weighted by Crippen LogP contribution is 2.39. The third-order valence-electron chi connectivity index (χ3n) is 1.52. The first-order valence-electron chi connectivity index (χ1n) is 3.44. The van der Waals surface area contributed by atoms with Crippen molar-refractivity contribution in [2.45, 2.75) is 12.6 Å². The second-order valence-electron chi connectivity index (χ2n) is 2.49. The Bertz CT molecular complexity index is 374. The summed E-state index contributed by atoms with van der Waals surface area (Å²) in [6, 6.07) is 0. The van der Waals surface area contributed by atoms with E-state index in [0.717, 1.165) is 0 Å². The normalized spacial score (nSPS) is 12.3. The second kappa shape index (κ2) is 3.99. The van der Waals surface area contributed by atoms with Gasteiger partial charge in [0.25, 0.3) is 6.43 Å². The van der Waals surface area contributed by atoms with Gasteiger partial charge in [-0.2, -0.15) is 13.2 Å². The van der Waals surface area contributed by atoms with E-state index in [9.17, 15) is 26.3 Å². The lowest BCUT2D eigenvalue weighted by atomic mass is 10.1. The van der Waals surface area contributed by atoms with Gasteiger partial charge in [-0.05, 0) is 15.9 Å². The SMILES string of the molecule is Fc1c(Br)ncc(C(F)F)c1C(F)(F)F. The van der Waals surface area contributed by atoms with Crippen LogP contribution in [0.1, 0.15) is 17.6 Å². The molecule has 0 spiro atoms. The van der Waals surface area contributed by atoms with Crippen LogP contribution >= 0.6 is 15.9 Å². The predicted octanol–water partition coefficient (Wildman–Crippen LogP) is 3.94. The molecule has 0 unspecified atom stereocenters. The second-order valence-corrected chi connectivity index (χ2v) is 3.24. The summed E-state index contributed by atoms with van der Waals surface area (Å²) in [5, 5.41) is 0. The molecule has 84 valence electrons. The number of rotatable bonds is 1. The van der Waals surface area contributed by atoms with Gasteiger partial charge in [-0.25, -0.2) is 18.2 Å². The number of hydrogen-bond donors (Lipinski definition) is 0. The smallest absolute Gasteiger partial charge is 0.246 e. The zero-order valence-electron chi connectivity index (χ0n) is 6.75. The Balaban J connectivity index is 3.49. The molecule has 0 aromatic carbocycles. The van der Waals surface area contributed by atoms with E-state index in [0.29, 0.717) is 6.20 Å². The summed E-state index contributed by atoms with van der Waals surface area (Å²) in [6.07, 6.45) is -8.32. The van der Waals surface area contributed by atoms with Gasteiger partial charge in [0.15, 0.2) is 5.82 Å². The molecule has 1 nitrogen and oxygen atoms in total. The summed E-state index contributed by atoms with van der Waals surface area (Å²) in [4.78, 5) is 3.04. The molecule has 0 N–H and O–H groups in total. The van der Waals surface area contributed by atoms with E-state index in [1.807, 2.05) is 0 Å². The van der Waals surface area contributed by atoms with Crippen molar-refractivity contribution in [3.05, 3.63) is 27.7 Å². The molecule has 0 radical (unpaired) electrons. The Kier molecular flexibility index (Phi) is 3.27. The lowest BCUT2D eigenvalue weighted by Gasteiger charge is -2.13. The van der Waals surface area contributed by atoms with Crippen molar-refractivity contribution in [2.24, 2.45) is 0 Å².